The number of ether oxygens (including phenoxy) is 2. The Kier molecular flexibility index (Phi) is 6.98. The number of nitrogens with zero attached hydrogens (tertiary/aromatic N) is 2. The number of piperidine rings is 1. The van der Waals surface area contributed by atoms with Gasteiger partial charge in [-0.3, -0.25) is 34.2 Å². The summed E-state index contributed by atoms with van der Waals surface area (Å²) in [6, 6.07) is 11.5. The summed E-state index contributed by atoms with van der Waals surface area (Å²) in [5.41, 5.74) is 2.51. The Bertz CT molecular complexity index is 1320. The van der Waals surface area contributed by atoms with Crippen molar-refractivity contribution in [2.24, 2.45) is 0 Å². The van der Waals surface area contributed by atoms with Crippen molar-refractivity contribution in [3.05, 3.63) is 64.7 Å². The molecule has 10 nitrogen and oxygen atoms in total. The molecule has 3 atom stereocenters. The van der Waals surface area contributed by atoms with Gasteiger partial charge in [-0.25, -0.2) is 0 Å². The molecule has 0 saturated carbocycles. The molecule has 2 aromatic rings. The van der Waals surface area contributed by atoms with Gasteiger partial charge in [0.1, 0.15) is 11.8 Å². The number of nitrogens with one attached hydrogen (secondary N) is 1. The quantitative estimate of drug-likeness (QED) is 0.418. The fourth-order valence-corrected chi connectivity index (χ4v) is 5.55. The van der Waals surface area contributed by atoms with Crippen LogP contribution in [-0.2, 0) is 25.5 Å². The van der Waals surface area contributed by atoms with Crippen LogP contribution in [0.3, 0.4) is 0 Å². The number of imide groups is 2. The minimum Gasteiger partial charge on any atom is -0.493 e. The van der Waals surface area contributed by atoms with Gasteiger partial charge in [-0.05, 0) is 36.1 Å². The van der Waals surface area contributed by atoms with Crippen LogP contribution in [0.25, 0.3) is 0 Å². The van der Waals surface area contributed by atoms with Crippen LogP contribution >= 0.6 is 0 Å². The molecular weight excluding hydrogens is 490 g/mol. The molecule has 1 N–H and O–H groups in total. The van der Waals surface area contributed by atoms with Gasteiger partial charge >= 0.3 is 0 Å². The molecule has 2 aliphatic heterocycles. The number of carbonyl (C=O) groups is 5. The first-order chi connectivity index (χ1) is 18.3. The average molecular weight is 520 g/mol. The third-order valence-electron chi connectivity index (χ3n) is 7.48. The monoisotopic (exact) mass is 519 g/mol. The molecule has 1 aliphatic carbocycles. The van der Waals surface area contributed by atoms with Crippen molar-refractivity contribution in [1.29, 1.82) is 0 Å². The highest BCUT2D eigenvalue weighted by molar-refractivity contribution is 6.24. The summed E-state index contributed by atoms with van der Waals surface area (Å²) in [5.74, 6) is -2.14. The van der Waals surface area contributed by atoms with Crippen LogP contribution in [0.4, 0.5) is 0 Å². The summed E-state index contributed by atoms with van der Waals surface area (Å²) < 4.78 is 11.5. The van der Waals surface area contributed by atoms with Gasteiger partial charge in [0.05, 0.1) is 29.9 Å². The molecule has 0 bridgehead atoms. The van der Waals surface area contributed by atoms with Crippen LogP contribution in [0.15, 0.2) is 42.5 Å². The van der Waals surface area contributed by atoms with E-state index in [0.717, 1.165) is 16.9 Å². The Morgan fingerprint density at radius 3 is 2.63 bits per heavy atom. The molecule has 0 radical (unpaired) electrons. The number of methoxy groups -OCH3 is 1. The molecular formula is C28H29N3O7. The van der Waals surface area contributed by atoms with Crippen LogP contribution < -0.4 is 10.1 Å². The van der Waals surface area contributed by atoms with Gasteiger partial charge in [-0.2, -0.15) is 0 Å². The van der Waals surface area contributed by atoms with Crippen LogP contribution in [-0.4, -0.2) is 72.2 Å². The highest BCUT2D eigenvalue weighted by Gasteiger charge is 2.46. The van der Waals surface area contributed by atoms with Crippen molar-refractivity contribution in [2.45, 2.75) is 50.3 Å². The van der Waals surface area contributed by atoms with Gasteiger partial charge in [0.15, 0.2) is 0 Å². The highest BCUT2D eigenvalue weighted by Crippen LogP contribution is 2.37. The summed E-state index contributed by atoms with van der Waals surface area (Å²) in [6.07, 6.45) is 1.40. The van der Waals surface area contributed by atoms with Crippen LogP contribution in [0.2, 0.25) is 0 Å². The van der Waals surface area contributed by atoms with Crippen LogP contribution in [0.5, 0.6) is 5.75 Å². The Balaban J connectivity index is 1.21. The Hall–Kier alpha value is -4.05. The van der Waals surface area contributed by atoms with Crippen molar-refractivity contribution >= 4 is 29.5 Å². The summed E-state index contributed by atoms with van der Waals surface area (Å²) >= 11 is 0. The third-order valence-corrected chi connectivity index (χ3v) is 7.48. The predicted molar refractivity (Wildman–Crippen MR) is 134 cm³/mol. The average Bonchev–Trinajstić information content (AvgIpc) is 3.41. The van der Waals surface area contributed by atoms with E-state index < -0.39 is 29.7 Å². The van der Waals surface area contributed by atoms with E-state index in [1.54, 1.807) is 31.2 Å². The van der Waals surface area contributed by atoms with Crippen LogP contribution in [0.1, 0.15) is 63.6 Å². The van der Waals surface area contributed by atoms with E-state index in [0.29, 0.717) is 6.42 Å². The summed E-state index contributed by atoms with van der Waals surface area (Å²) in [7, 11) is 3.43. The van der Waals surface area contributed by atoms with Crippen molar-refractivity contribution in [3.63, 3.8) is 0 Å². The lowest BCUT2D eigenvalue weighted by molar-refractivity contribution is -0.136. The first-order valence-electron chi connectivity index (χ1n) is 12.7. The number of likely N-dealkylation sites (N-methyl/N-ethyl adjacent to an activating group) is 1. The summed E-state index contributed by atoms with van der Waals surface area (Å²) in [6.45, 7) is 0.158. The number of amides is 5. The standard InChI is InChI=1S/C28H29N3O7/c1-30(25-17-8-4-3-7-16(17)15-21(25)37-2)23(33)11-6-14-38-20-10-5-9-18-24(20)28(36)31(27(18)35)19-12-13-22(32)29-26(19)34/h3-5,7-10,19,21,25H,6,11-15H2,1-2H3,(H,29,32,34)/t19?,21-,25-/m1/s1. The molecule has 3 aliphatic rings. The van der Waals surface area contributed by atoms with Gasteiger partial charge in [-0.15, -0.1) is 0 Å². The van der Waals surface area contributed by atoms with Gasteiger partial charge in [-0.1, -0.05) is 30.3 Å². The van der Waals surface area contributed by atoms with E-state index in [2.05, 4.69) is 11.4 Å². The molecule has 5 rings (SSSR count). The SMILES string of the molecule is CO[C@@H]1Cc2ccccc2[C@H]1N(C)C(=O)CCCOc1cccc2c1C(=O)N(C1CCC(=O)NC1=O)C2=O. The Labute approximate surface area is 219 Å². The molecule has 5 amide bonds. The van der Waals surface area contributed by atoms with Gasteiger partial charge in [0.2, 0.25) is 17.7 Å². The van der Waals surface area contributed by atoms with E-state index in [9.17, 15) is 24.0 Å². The number of rotatable bonds is 8. The van der Waals surface area contributed by atoms with Gasteiger partial charge < -0.3 is 14.4 Å². The van der Waals surface area contributed by atoms with Crippen LogP contribution in [0, 0.1) is 0 Å². The maximum Gasteiger partial charge on any atom is 0.266 e. The number of hydrogen-bond donors (Lipinski definition) is 1. The number of benzene rings is 2. The van der Waals surface area contributed by atoms with Crippen molar-refractivity contribution in [2.75, 3.05) is 20.8 Å². The van der Waals surface area contributed by atoms with Gasteiger partial charge in [0, 0.05) is 33.4 Å². The highest BCUT2D eigenvalue weighted by atomic mass is 16.5. The second-order valence-corrected chi connectivity index (χ2v) is 9.70. The van der Waals surface area contributed by atoms with Crippen molar-refractivity contribution in [1.82, 2.24) is 15.1 Å². The number of fused-ring (bicyclic) bond motifs is 2. The number of hydrogen-bond acceptors (Lipinski definition) is 7. The first-order valence-corrected chi connectivity index (χ1v) is 12.7. The fourth-order valence-electron chi connectivity index (χ4n) is 5.55. The molecule has 0 spiro atoms. The van der Waals surface area contributed by atoms with Crippen molar-refractivity contribution in [3.8, 4) is 5.75 Å². The maximum absolute atomic E-state index is 13.2. The molecule has 10 heteroatoms. The van der Waals surface area contributed by atoms with E-state index in [1.807, 2.05) is 18.2 Å². The maximum atomic E-state index is 13.2. The van der Waals surface area contributed by atoms with E-state index in [-0.39, 0.29) is 60.8 Å². The van der Waals surface area contributed by atoms with Crippen molar-refractivity contribution < 1.29 is 33.4 Å². The molecule has 0 aromatic heterocycles. The minimum atomic E-state index is -1.04. The zero-order valence-corrected chi connectivity index (χ0v) is 21.3. The lowest BCUT2D eigenvalue weighted by atomic mass is 10.0. The normalized spacial score (nSPS) is 22.3. The lowest BCUT2D eigenvalue weighted by Gasteiger charge is -2.30. The summed E-state index contributed by atoms with van der Waals surface area (Å²) in [4.78, 5) is 65.6. The molecule has 2 aromatic carbocycles. The fraction of sp³-hybridized carbons (Fsp3) is 0.393. The first kappa shape index (κ1) is 25.6. The van der Waals surface area contributed by atoms with E-state index >= 15 is 0 Å². The van der Waals surface area contributed by atoms with Gasteiger partial charge in [0.25, 0.3) is 11.8 Å². The molecule has 1 saturated heterocycles. The Morgan fingerprint density at radius 2 is 1.87 bits per heavy atom. The molecule has 38 heavy (non-hydrogen) atoms. The molecule has 1 unspecified atom stereocenters. The lowest BCUT2D eigenvalue weighted by Crippen LogP contribution is -2.54. The molecule has 198 valence electrons. The third kappa shape index (κ3) is 4.45. The zero-order valence-electron chi connectivity index (χ0n) is 21.3. The second-order valence-electron chi connectivity index (χ2n) is 9.70. The zero-order chi connectivity index (χ0) is 27.0. The minimum absolute atomic E-state index is 0.0488. The van der Waals surface area contributed by atoms with E-state index in [4.69, 9.17) is 9.47 Å². The second kappa shape index (κ2) is 10.4. The predicted octanol–water partition coefficient (Wildman–Crippen LogP) is 2.02. The number of carbonyl (C=O) groups excluding carboxylic acids is 5. The summed E-state index contributed by atoms with van der Waals surface area (Å²) in [5, 5.41) is 2.18. The molecule has 1 fully saturated rings. The van der Waals surface area contributed by atoms with E-state index in [1.165, 1.54) is 11.6 Å². The topological polar surface area (TPSA) is 122 Å². The molecule has 2 heterocycles. The Morgan fingerprint density at radius 1 is 1.08 bits per heavy atom. The smallest absolute Gasteiger partial charge is 0.266 e. The largest absolute Gasteiger partial charge is 0.493 e.